The van der Waals surface area contributed by atoms with E-state index in [-0.39, 0.29) is 0 Å². The number of nitrogens with two attached hydrogens (primary N) is 1. The van der Waals surface area contributed by atoms with E-state index < -0.39 is 0 Å². The van der Waals surface area contributed by atoms with Gasteiger partial charge >= 0.3 is 0 Å². The maximum absolute atomic E-state index is 6.04. The van der Waals surface area contributed by atoms with Crippen molar-refractivity contribution in [1.29, 1.82) is 0 Å². The lowest BCUT2D eigenvalue weighted by Gasteiger charge is -2.23. The van der Waals surface area contributed by atoms with Crippen molar-refractivity contribution in [2.45, 2.75) is 20.4 Å². The minimum atomic E-state index is 0.599. The molecule has 0 unspecified atom stereocenters. The van der Waals surface area contributed by atoms with E-state index in [0.717, 1.165) is 42.4 Å². The summed E-state index contributed by atoms with van der Waals surface area (Å²) in [5, 5.41) is 0. The lowest BCUT2D eigenvalue weighted by atomic mass is 10.1. The average molecular weight is 236 g/mol. The molecule has 1 aromatic rings. The van der Waals surface area contributed by atoms with Crippen molar-refractivity contribution in [3.8, 4) is 11.5 Å². The van der Waals surface area contributed by atoms with E-state index in [1.807, 2.05) is 12.1 Å². The molecule has 0 fully saturated rings. The minimum Gasteiger partial charge on any atom is -0.486 e. The van der Waals surface area contributed by atoms with Crippen LogP contribution in [0.25, 0.3) is 0 Å². The minimum absolute atomic E-state index is 0.599. The summed E-state index contributed by atoms with van der Waals surface area (Å²) in [5.41, 5.74) is 7.93. The van der Waals surface area contributed by atoms with Gasteiger partial charge in [0.2, 0.25) is 0 Å². The predicted molar refractivity (Wildman–Crippen MR) is 68.5 cm³/mol. The van der Waals surface area contributed by atoms with Gasteiger partial charge in [-0.2, -0.15) is 0 Å². The van der Waals surface area contributed by atoms with Gasteiger partial charge in [-0.15, -0.1) is 0 Å². The summed E-state index contributed by atoms with van der Waals surface area (Å²) in [6, 6.07) is 3.87. The molecule has 2 rings (SSSR count). The van der Waals surface area contributed by atoms with Crippen molar-refractivity contribution in [2.24, 2.45) is 0 Å². The maximum atomic E-state index is 6.04. The molecule has 4 nitrogen and oxygen atoms in total. The molecule has 0 aliphatic carbocycles. The summed E-state index contributed by atoms with van der Waals surface area (Å²) in [5.74, 6) is 1.57. The van der Waals surface area contributed by atoms with E-state index in [1.54, 1.807) is 0 Å². The summed E-state index contributed by atoms with van der Waals surface area (Å²) >= 11 is 0. The van der Waals surface area contributed by atoms with Crippen LogP contribution in [-0.2, 0) is 6.54 Å². The lowest BCUT2D eigenvalue weighted by Crippen LogP contribution is -2.23. The van der Waals surface area contributed by atoms with Crippen molar-refractivity contribution in [3.05, 3.63) is 17.7 Å². The first kappa shape index (κ1) is 12.0. The first-order chi connectivity index (χ1) is 8.24. The van der Waals surface area contributed by atoms with Crippen molar-refractivity contribution in [2.75, 3.05) is 32.0 Å². The third kappa shape index (κ3) is 2.64. The number of hydrogen-bond acceptors (Lipinski definition) is 4. The van der Waals surface area contributed by atoms with Crippen LogP contribution in [-0.4, -0.2) is 31.2 Å². The topological polar surface area (TPSA) is 47.7 Å². The Kier molecular flexibility index (Phi) is 3.74. The smallest absolute Gasteiger partial charge is 0.163 e. The van der Waals surface area contributed by atoms with Gasteiger partial charge in [0.05, 0.1) is 0 Å². The molecule has 0 saturated heterocycles. The number of nitrogen functional groups attached to an aromatic ring is 1. The van der Waals surface area contributed by atoms with Crippen LogP contribution in [0, 0.1) is 0 Å². The third-order valence-electron chi connectivity index (χ3n) is 3.09. The molecular weight excluding hydrogens is 216 g/mol. The molecule has 17 heavy (non-hydrogen) atoms. The third-order valence-corrected chi connectivity index (χ3v) is 3.09. The monoisotopic (exact) mass is 236 g/mol. The van der Waals surface area contributed by atoms with Gasteiger partial charge in [-0.25, -0.2) is 0 Å². The fourth-order valence-corrected chi connectivity index (χ4v) is 1.97. The number of anilines is 1. The largest absolute Gasteiger partial charge is 0.486 e. The Morgan fingerprint density at radius 1 is 1.12 bits per heavy atom. The standard InChI is InChI=1S/C13H20N2O2/c1-3-15(4-2)9-10-7-12-13(8-11(10)14)17-6-5-16-12/h7-8H,3-6,9,14H2,1-2H3. The first-order valence-electron chi connectivity index (χ1n) is 6.15. The second kappa shape index (κ2) is 5.27. The molecule has 4 heteroatoms. The number of benzene rings is 1. The normalized spacial score (nSPS) is 14.1. The molecule has 1 aliphatic heterocycles. The number of hydrogen-bond donors (Lipinski definition) is 1. The van der Waals surface area contributed by atoms with Crippen molar-refractivity contribution < 1.29 is 9.47 Å². The molecule has 0 bridgehead atoms. The van der Waals surface area contributed by atoms with Gasteiger partial charge in [-0.05, 0) is 24.7 Å². The van der Waals surface area contributed by atoms with Gasteiger partial charge < -0.3 is 15.2 Å². The Bertz CT molecular complexity index is 389. The van der Waals surface area contributed by atoms with Crippen molar-refractivity contribution in [3.63, 3.8) is 0 Å². The van der Waals surface area contributed by atoms with E-state index in [0.29, 0.717) is 13.2 Å². The highest BCUT2D eigenvalue weighted by Gasteiger charge is 2.15. The highest BCUT2D eigenvalue weighted by atomic mass is 16.6. The molecule has 0 spiro atoms. The summed E-state index contributed by atoms with van der Waals surface area (Å²) in [4.78, 5) is 2.32. The zero-order valence-electron chi connectivity index (χ0n) is 10.5. The Balaban J connectivity index is 2.22. The van der Waals surface area contributed by atoms with Gasteiger partial charge in [0, 0.05) is 18.3 Å². The van der Waals surface area contributed by atoms with Gasteiger partial charge in [0.1, 0.15) is 13.2 Å². The lowest BCUT2D eigenvalue weighted by molar-refractivity contribution is 0.171. The zero-order valence-corrected chi connectivity index (χ0v) is 10.5. The van der Waals surface area contributed by atoms with Crippen LogP contribution < -0.4 is 15.2 Å². The Labute approximate surface area is 102 Å². The highest BCUT2D eigenvalue weighted by molar-refractivity contribution is 5.58. The number of rotatable bonds is 4. The first-order valence-corrected chi connectivity index (χ1v) is 6.15. The summed E-state index contributed by atoms with van der Waals surface area (Å²) < 4.78 is 11.1. The number of ether oxygens (including phenoxy) is 2. The van der Waals surface area contributed by atoms with Gasteiger partial charge in [-0.3, -0.25) is 4.90 Å². The summed E-state index contributed by atoms with van der Waals surface area (Å²) in [6.07, 6.45) is 0. The van der Waals surface area contributed by atoms with Gasteiger partial charge in [-0.1, -0.05) is 13.8 Å². The fraction of sp³-hybridized carbons (Fsp3) is 0.538. The average Bonchev–Trinajstić information content (AvgIpc) is 2.36. The van der Waals surface area contributed by atoms with E-state index >= 15 is 0 Å². The predicted octanol–water partition coefficient (Wildman–Crippen LogP) is 1.88. The van der Waals surface area contributed by atoms with Crippen LogP contribution in [0.1, 0.15) is 19.4 Å². The molecule has 94 valence electrons. The molecule has 0 radical (unpaired) electrons. The molecule has 2 N–H and O–H groups in total. The Hall–Kier alpha value is -1.42. The molecule has 0 amide bonds. The van der Waals surface area contributed by atoms with Gasteiger partial charge in [0.15, 0.2) is 11.5 Å². The molecule has 1 aliphatic rings. The van der Waals surface area contributed by atoms with E-state index in [1.165, 1.54) is 0 Å². The Morgan fingerprint density at radius 3 is 2.29 bits per heavy atom. The second-order valence-electron chi connectivity index (χ2n) is 4.16. The molecule has 1 heterocycles. The zero-order chi connectivity index (χ0) is 12.3. The van der Waals surface area contributed by atoms with Crippen molar-refractivity contribution >= 4 is 5.69 Å². The fourth-order valence-electron chi connectivity index (χ4n) is 1.97. The molecule has 1 aromatic carbocycles. The quantitative estimate of drug-likeness (QED) is 0.811. The number of fused-ring (bicyclic) bond motifs is 1. The van der Waals surface area contributed by atoms with Crippen LogP contribution in [0.15, 0.2) is 12.1 Å². The molecular formula is C13H20N2O2. The van der Waals surface area contributed by atoms with Crippen LogP contribution >= 0.6 is 0 Å². The van der Waals surface area contributed by atoms with E-state index in [4.69, 9.17) is 15.2 Å². The summed E-state index contributed by atoms with van der Waals surface area (Å²) in [7, 11) is 0. The van der Waals surface area contributed by atoms with Crippen LogP contribution in [0.2, 0.25) is 0 Å². The molecule has 0 atom stereocenters. The van der Waals surface area contributed by atoms with Gasteiger partial charge in [0.25, 0.3) is 0 Å². The van der Waals surface area contributed by atoms with Crippen molar-refractivity contribution in [1.82, 2.24) is 4.90 Å². The molecule has 0 saturated carbocycles. The highest BCUT2D eigenvalue weighted by Crippen LogP contribution is 2.34. The van der Waals surface area contributed by atoms with E-state index in [2.05, 4.69) is 18.7 Å². The maximum Gasteiger partial charge on any atom is 0.163 e. The summed E-state index contributed by atoms with van der Waals surface area (Å²) in [6.45, 7) is 8.41. The SMILES string of the molecule is CCN(CC)Cc1cc2c(cc1N)OCCO2. The molecule has 0 aromatic heterocycles. The Morgan fingerprint density at radius 2 is 1.71 bits per heavy atom. The van der Waals surface area contributed by atoms with Crippen LogP contribution in [0.5, 0.6) is 11.5 Å². The number of nitrogens with zero attached hydrogens (tertiary/aromatic N) is 1. The van der Waals surface area contributed by atoms with Crippen LogP contribution in [0.3, 0.4) is 0 Å². The second-order valence-corrected chi connectivity index (χ2v) is 4.16. The van der Waals surface area contributed by atoms with E-state index in [9.17, 15) is 0 Å². The van der Waals surface area contributed by atoms with Crippen LogP contribution in [0.4, 0.5) is 5.69 Å².